The van der Waals surface area contributed by atoms with Gasteiger partial charge in [-0.15, -0.1) is 0 Å². The van der Waals surface area contributed by atoms with Gasteiger partial charge in [0.25, 0.3) is 0 Å². The van der Waals surface area contributed by atoms with Crippen molar-refractivity contribution in [2.45, 2.75) is 39.9 Å². The lowest BCUT2D eigenvalue weighted by Crippen LogP contribution is -2.14. The summed E-state index contributed by atoms with van der Waals surface area (Å²) in [6.45, 7) is 8.03. The Morgan fingerprint density at radius 3 is 1.33 bits per heavy atom. The van der Waals surface area contributed by atoms with E-state index in [9.17, 15) is 0 Å². The number of benzene rings is 1. The van der Waals surface area contributed by atoms with Gasteiger partial charge in [-0.05, 0) is 52.0 Å². The third-order valence-electron chi connectivity index (χ3n) is 2.08. The molecule has 102 valence electrons. The summed E-state index contributed by atoms with van der Waals surface area (Å²) < 4.78 is 22.0. The zero-order valence-electron chi connectivity index (χ0n) is 11.5. The maximum absolute atomic E-state index is 5.56. The molecule has 0 saturated carbocycles. The highest BCUT2D eigenvalue weighted by Crippen LogP contribution is 2.17. The van der Waals surface area contributed by atoms with Crippen molar-refractivity contribution >= 4 is 20.0 Å². The van der Waals surface area contributed by atoms with Crippen LogP contribution in [0.3, 0.4) is 0 Å². The molecule has 0 aliphatic carbocycles. The molecule has 0 atom stereocenters. The van der Waals surface area contributed by atoms with E-state index < -0.39 is 20.0 Å². The molecule has 0 fully saturated rings. The van der Waals surface area contributed by atoms with Crippen LogP contribution in [-0.2, 0) is 8.85 Å². The lowest BCUT2D eigenvalue weighted by atomic mass is 10.3. The van der Waals surface area contributed by atoms with Gasteiger partial charge in [0.1, 0.15) is 11.5 Å². The summed E-state index contributed by atoms with van der Waals surface area (Å²) in [6, 6.07) is 7.59. The van der Waals surface area contributed by atoms with Crippen LogP contribution in [0.5, 0.6) is 11.5 Å². The molecule has 0 heterocycles. The summed E-state index contributed by atoms with van der Waals surface area (Å²) in [5, 5.41) is 0. The molecule has 0 radical (unpaired) electrons. The molecule has 4 nitrogen and oxygen atoms in total. The van der Waals surface area contributed by atoms with Gasteiger partial charge in [0, 0.05) is 12.2 Å². The van der Waals surface area contributed by atoms with Crippen molar-refractivity contribution in [1.29, 1.82) is 0 Å². The average Bonchev–Trinajstić information content (AvgIpc) is 2.30. The Labute approximate surface area is 114 Å². The van der Waals surface area contributed by atoms with E-state index in [1.54, 1.807) is 0 Å². The van der Waals surface area contributed by atoms with Crippen molar-refractivity contribution in [3.63, 3.8) is 0 Å². The first kappa shape index (κ1) is 15.2. The van der Waals surface area contributed by atoms with Crippen LogP contribution < -0.4 is 8.85 Å². The van der Waals surface area contributed by atoms with Gasteiger partial charge in [-0.2, -0.15) is 0 Å². The molecule has 0 amide bonds. The van der Waals surface area contributed by atoms with E-state index in [4.69, 9.17) is 17.7 Å². The monoisotopic (exact) mass is 286 g/mol. The summed E-state index contributed by atoms with van der Waals surface area (Å²) in [6.07, 6.45) is 0.469. The van der Waals surface area contributed by atoms with Gasteiger partial charge < -0.3 is 17.7 Å². The van der Waals surface area contributed by atoms with Crippen LogP contribution in [-0.4, -0.2) is 32.2 Å². The summed E-state index contributed by atoms with van der Waals surface area (Å²) >= 11 is 0. The maximum Gasteiger partial charge on any atom is 0.366 e. The minimum absolute atomic E-state index is 0.235. The zero-order valence-corrected chi connectivity index (χ0v) is 14.3. The Morgan fingerprint density at radius 1 is 0.722 bits per heavy atom. The predicted molar refractivity (Wildman–Crippen MR) is 77.2 cm³/mol. The molecule has 1 rings (SSSR count). The fourth-order valence-corrected chi connectivity index (χ4v) is 2.45. The van der Waals surface area contributed by atoms with Crippen molar-refractivity contribution in [3.8, 4) is 11.5 Å². The Bertz CT molecular complexity index is 294. The van der Waals surface area contributed by atoms with Crippen LogP contribution in [0.25, 0.3) is 0 Å². The van der Waals surface area contributed by atoms with Crippen molar-refractivity contribution in [2.24, 2.45) is 0 Å². The molecule has 0 bridgehead atoms. The summed E-state index contributed by atoms with van der Waals surface area (Å²) in [5.41, 5.74) is 0. The van der Waals surface area contributed by atoms with Crippen molar-refractivity contribution < 1.29 is 17.7 Å². The number of hydrogen-bond acceptors (Lipinski definition) is 4. The molecule has 0 unspecified atom stereocenters. The highest BCUT2D eigenvalue weighted by molar-refractivity contribution is 6.19. The fourth-order valence-electron chi connectivity index (χ4n) is 1.11. The lowest BCUT2D eigenvalue weighted by molar-refractivity contribution is 0.221. The van der Waals surface area contributed by atoms with E-state index in [2.05, 4.69) is 0 Å². The third kappa shape index (κ3) is 6.80. The van der Waals surface area contributed by atoms with Crippen LogP contribution in [0.1, 0.15) is 27.7 Å². The molecule has 0 aliphatic rings. The standard InChI is InChI=1S/C12H22O4Si2/c1-9(2)13-17-15-11-5-7-12(8-6-11)16-18-14-10(3)4/h5-10H,17-18H2,1-4H3. The second-order valence-corrected chi connectivity index (χ2v) is 6.14. The first-order valence-electron chi connectivity index (χ1n) is 6.17. The molecular formula is C12H22O4Si2. The Morgan fingerprint density at radius 2 is 1.06 bits per heavy atom. The first-order chi connectivity index (χ1) is 8.58. The highest BCUT2D eigenvalue weighted by Gasteiger charge is 1.99. The molecule has 6 heteroatoms. The first-order valence-corrected chi connectivity index (χ1v) is 8.47. The minimum atomic E-state index is -0.930. The van der Waals surface area contributed by atoms with Gasteiger partial charge in [0.2, 0.25) is 0 Å². The van der Waals surface area contributed by atoms with E-state index in [1.165, 1.54) is 0 Å². The highest BCUT2D eigenvalue weighted by atomic mass is 28.3. The summed E-state index contributed by atoms with van der Waals surface area (Å²) in [7, 11) is -1.86. The number of hydrogen-bond donors (Lipinski definition) is 0. The topological polar surface area (TPSA) is 36.9 Å². The van der Waals surface area contributed by atoms with E-state index >= 15 is 0 Å². The van der Waals surface area contributed by atoms with Crippen LogP contribution >= 0.6 is 0 Å². The summed E-state index contributed by atoms with van der Waals surface area (Å²) in [4.78, 5) is 0. The molecule has 0 saturated heterocycles. The molecule has 0 aliphatic heterocycles. The molecule has 18 heavy (non-hydrogen) atoms. The van der Waals surface area contributed by atoms with E-state index in [0.29, 0.717) is 0 Å². The predicted octanol–water partition coefficient (Wildman–Crippen LogP) is 1.29. The second kappa shape index (κ2) is 8.31. The van der Waals surface area contributed by atoms with Crippen molar-refractivity contribution in [1.82, 2.24) is 0 Å². The van der Waals surface area contributed by atoms with Crippen LogP contribution in [0.4, 0.5) is 0 Å². The fraction of sp³-hybridized carbons (Fsp3) is 0.500. The van der Waals surface area contributed by atoms with E-state index in [-0.39, 0.29) is 12.2 Å². The van der Waals surface area contributed by atoms with Crippen molar-refractivity contribution in [3.05, 3.63) is 24.3 Å². The lowest BCUT2D eigenvalue weighted by Gasteiger charge is -2.11. The minimum Gasteiger partial charge on any atom is -0.525 e. The van der Waals surface area contributed by atoms with Gasteiger partial charge in [0.05, 0.1) is 0 Å². The Kier molecular flexibility index (Phi) is 7.03. The van der Waals surface area contributed by atoms with Gasteiger partial charge in [-0.3, -0.25) is 0 Å². The largest absolute Gasteiger partial charge is 0.525 e. The van der Waals surface area contributed by atoms with E-state index in [0.717, 1.165) is 11.5 Å². The van der Waals surface area contributed by atoms with Crippen LogP contribution in [0, 0.1) is 0 Å². The molecule has 0 spiro atoms. The molecule has 1 aromatic carbocycles. The normalized spacial score (nSPS) is 12.3. The Balaban J connectivity index is 2.28. The van der Waals surface area contributed by atoms with Gasteiger partial charge in [-0.25, -0.2) is 0 Å². The summed E-state index contributed by atoms with van der Waals surface area (Å²) in [5.74, 6) is 1.67. The van der Waals surface area contributed by atoms with Gasteiger partial charge in [-0.1, -0.05) is 0 Å². The third-order valence-corrected chi connectivity index (χ3v) is 4.59. The Hall–Kier alpha value is -0.826. The zero-order chi connectivity index (χ0) is 13.4. The maximum atomic E-state index is 5.56. The number of rotatable bonds is 8. The average molecular weight is 286 g/mol. The SMILES string of the molecule is CC(C)O[SiH2]Oc1ccc(O[SiH2]OC(C)C)cc1. The van der Waals surface area contributed by atoms with Gasteiger partial charge >= 0.3 is 20.0 Å². The van der Waals surface area contributed by atoms with Crippen molar-refractivity contribution in [2.75, 3.05) is 0 Å². The molecule has 0 aromatic heterocycles. The van der Waals surface area contributed by atoms with E-state index in [1.807, 2.05) is 52.0 Å². The smallest absolute Gasteiger partial charge is 0.366 e. The van der Waals surface area contributed by atoms with Gasteiger partial charge in [0.15, 0.2) is 0 Å². The van der Waals surface area contributed by atoms with Crippen LogP contribution in [0.15, 0.2) is 24.3 Å². The second-order valence-electron chi connectivity index (χ2n) is 4.43. The van der Waals surface area contributed by atoms with Crippen LogP contribution in [0.2, 0.25) is 0 Å². The molecular weight excluding hydrogens is 264 g/mol. The molecule has 0 N–H and O–H groups in total. The molecule has 1 aromatic rings. The quantitative estimate of drug-likeness (QED) is 0.675.